The van der Waals surface area contributed by atoms with Gasteiger partial charge in [0.1, 0.15) is 35.1 Å². The van der Waals surface area contributed by atoms with Gasteiger partial charge in [0.25, 0.3) is 11.1 Å². The molecule has 5 atom stereocenters. The number of ether oxygens (including phenoxy) is 2. The second-order valence-electron chi connectivity index (χ2n) is 15.0. The van der Waals surface area contributed by atoms with Gasteiger partial charge in [-0.3, -0.25) is 19.1 Å². The topological polar surface area (TPSA) is 173 Å². The van der Waals surface area contributed by atoms with Crippen LogP contribution in [0.5, 0.6) is 5.19 Å². The molecule has 3 N–H and O–H groups in total. The van der Waals surface area contributed by atoms with Gasteiger partial charge in [-0.1, -0.05) is 36.3 Å². The molecular weight excluding hydrogens is 690 g/mol. The Balaban J connectivity index is 1.29. The average molecular weight is 734 g/mol. The first-order valence-electron chi connectivity index (χ1n) is 17.1. The number of aromatic nitrogens is 1. The lowest BCUT2D eigenvalue weighted by atomic mass is 10.0. The molecule has 1 aromatic heterocycles. The monoisotopic (exact) mass is 733 g/mol. The van der Waals surface area contributed by atoms with Gasteiger partial charge in [-0.2, -0.15) is 0 Å². The summed E-state index contributed by atoms with van der Waals surface area (Å²) in [6, 6.07) is 2.03. The molecule has 0 spiro atoms. The van der Waals surface area contributed by atoms with Gasteiger partial charge in [-0.05, 0) is 84.4 Å². The zero-order valence-corrected chi connectivity index (χ0v) is 30.3. The van der Waals surface area contributed by atoms with Crippen molar-refractivity contribution in [3.8, 4) is 5.19 Å². The zero-order chi connectivity index (χ0) is 36.1. The summed E-state index contributed by atoms with van der Waals surface area (Å²) in [4.78, 5) is 60.9. The van der Waals surface area contributed by atoms with E-state index in [1.54, 1.807) is 27.7 Å². The van der Waals surface area contributed by atoms with Gasteiger partial charge in [0, 0.05) is 12.3 Å². The molecule has 0 radical (unpaired) electrons. The van der Waals surface area contributed by atoms with Gasteiger partial charge in [-0.15, -0.1) is 0 Å². The second-order valence-corrected chi connectivity index (χ2v) is 18.2. The van der Waals surface area contributed by atoms with Crippen molar-refractivity contribution in [3.63, 3.8) is 0 Å². The summed E-state index contributed by atoms with van der Waals surface area (Å²) in [7, 11) is -3.99. The van der Waals surface area contributed by atoms with Crippen LogP contribution < -0.4 is 20.1 Å². The number of nitrogens with zero attached hydrogens (tertiary/aromatic N) is 2. The number of halogens is 1. The molecule has 13 nitrogen and oxygen atoms in total. The number of nitrogens with one attached hydrogen (secondary N) is 3. The lowest BCUT2D eigenvalue weighted by Crippen LogP contribution is -2.58. The predicted molar refractivity (Wildman–Crippen MR) is 183 cm³/mol. The molecule has 2 aliphatic heterocycles. The van der Waals surface area contributed by atoms with E-state index in [4.69, 9.17) is 9.47 Å². The van der Waals surface area contributed by atoms with E-state index >= 15 is 0 Å². The minimum absolute atomic E-state index is 0.0234. The highest BCUT2D eigenvalue weighted by molar-refractivity contribution is 7.91. The number of amides is 4. The Kier molecular flexibility index (Phi) is 9.65. The van der Waals surface area contributed by atoms with Crippen molar-refractivity contribution >= 4 is 55.4 Å². The summed E-state index contributed by atoms with van der Waals surface area (Å²) >= 11 is 1.13. The largest absolute Gasteiger partial charge is 0.465 e. The van der Waals surface area contributed by atoms with Crippen molar-refractivity contribution in [1.82, 2.24) is 25.2 Å². The van der Waals surface area contributed by atoms with Gasteiger partial charge in [-0.25, -0.2) is 22.6 Å². The maximum atomic E-state index is 14.3. The fraction of sp³-hybridized carbons (Fsp3) is 0.618. The molecular formula is C34H44FN5O8S2. The number of carbonyl (C=O) groups is 4. The van der Waals surface area contributed by atoms with Crippen molar-refractivity contribution in [2.75, 3.05) is 6.54 Å². The highest BCUT2D eigenvalue weighted by Crippen LogP contribution is 2.47. The van der Waals surface area contributed by atoms with Crippen molar-refractivity contribution in [1.29, 1.82) is 0 Å². The third-order valence-corrected chi connectivity index (χ3v) is 12.8. The Bertz CT molecular complexity index is 1820. The third-order valence-electron chi connectivity index (χ3n) is 9.76. The molecule has 2 saturated carbocycles. The highest BCUT2D eigenvalue weighted by Gasteiger charge is 2.63. The van der Waals surface area contributed by atoms with E-state index in [1.165, 1.54) is 23.1 Å². The molecule has 50 heavy (non-hydrogen) atoms. The van der Waals surface area contributed by atoms with Crippen LogP contribution in [0.25, 0.3) is 10.2 Å². The first-order chi connectivity index (χ1) is 23.5. The van der Waals surface area contributed by atoms with E-state index in [1.807, 2.05) is 12.2 Å². The molecule has 6 rings (SSSR count). The Morgan fingerprint density at radius 2 is 1.92 bits per heavy atom. The van der Waals surface area contributed by atoms with E-state index in [-0.39, 0.29) is 24.6 Å². The molecule has 2 aliphatic carbocycles. The third kappa shape index (κ3) is 7.75. The van der Waals surface area contributed by atoms with Gasteiger partial charge >= 0.3 is 6.09 Å². The van der Waals surface area contributed by atoms with Crippen LogP contribution in [0.1, 0.15) is 85.5 Å². The normalized spacial score (nSPS) is 28.4. The molecule has 272 valence electrons. The smallest absolute Gasteiger partial charge is 0.408 e. The molecule has 16 heteroatoms. The van der Waals surface area contributed by atoms with Crippen LogP contribution in [-0.2, 0) is 29.1 Å². The lowest BCUT2D eigenvalue weighted by Gasteiger charge is -2.30. The van der Waals surface area contributed by atoms with Crippen LogP contribution in [0.15, 0.2) is 30.4 Å². The first-order valence-corrected chi connectivity index (χ1v) is 19.4. The van der Waals surface area contributed by atoms with Crippen LogP contribution in [0, 0.1) is 11.7 Å². The molecule has 1 saturated heterocycles. The minimum Gasteiger partial charge on any atom is -0.465 e. The zero-order valence-electron chi connectivity index (χ0n) is 28.6. The summed E-state index contributed by atoms with van der Waals surface area (Å²) < 4.78 is 53.3. The van der Waals surface area contributed by atoms with Crippen molar-refractivity contribution in [2.45, 2.75) is 120 Å². The fourth-order valence-electron chi connectivity index (χ4n) is 6.47. The van der Waals surface area contributed by atoms with Crippen LogP contribution in [0.3, 0.4) is 0 Å². The number of hydrogen-bond acceptors (Lipinski definition) is 10. The molecule has 1 aromatic carbocycles. The molecule has 0 unspecified atom stereocenters. The number of thiazole rings is 1. The summed E-state index contributed by atoms with van der Waals surface area (Å²) in [5.41, 5.74) is -1.80. The van der Waals surface area contributed by atoms with Crippen molar-refractivity contribution < 1.29 is 41.5 Å². The summed E-state index contributed by atoms with van der Waals surface area (Å²) in [6.45, 7) is 6.68. The van der Waals surface area contributed by atoms with Crippen LogP contribution in [0.2, 0.25) is 0 Å². The number of carbonyl (C=O) groups excluding carboxylic acids is 4. The SMILES string of the molecule is CC(C)(C)OC(=O)N[C@H]1CCCCCC=C[C@@H]2C[C@@]2(C(=O)NS(=O)(=O)C2(C)CC2)NC(=O)[C@@H]2C[C@@H](Oc3nc4ccc(F)cc4s3)CN2C1=O. The second kappa shape index (κ2) is 13.4. The van der Waals surface area contributed by atoms with Gasteiger partial charge < -0.3 is 25.0 Å². The number of benzene rings is 1. The maximum absolute atomic E-state index is 14.3. The Labute approximate surface area is 294 Å². The molecule has 2 aromatic rings. The highest BCUT2D eigenvalue weighted by atomic mass is 32.2. The van der Waals surface area contributed by atoms with E-state index in [0.29, 0.717) is 42.3 Å². The molecule has 0 bridgehead atoms. The van der Waals surface area contributed by atoms with Crippen LogP contribution in [-0.4, -0.2) is 82.7 Å². The Hall–Kier alpha value is -3.79. The number of fused-ring (bicyclic) bond motifs is 3. The van der Waals surface area contributed by atoms with Crippen molar-refractivity contribution in [3.05, 3.63) is 36.2 Å². The molecule has 4 amide bonds. The lowest BCUT2D eigenvalue weighted by molar-refractivity contribution is -0.141. The van der Waals surface area contributed by atoms with E-state index in [0.717, 1.165) is 24.2 Å². The molecule has 4 aliphatic rings. The number of sulfonamides is 1. The Morgan fingerprint density at radius 1 is 1.16 bits per heavy atom. The van der Waals surface area contributed by atoms with E-state index < -0.39 is 79.6 Å². The van der Waals surface area contributed by atoms with Crippen LogP contribution in [0.4, 0.5) is 9.18 Å². The number of hydrogen-bond donors (Lipinski definition) is 3. The first kappa shape index (κ1) is 36.0. The quantitative estimate of drug-likeness (QED) is 0.370. The van der Waals surface area contributed by atoms with Gasteiger partial charge in [0.05, 0.1) is 21.5 Å². The summed E-state index contributed by atoms with van der Waals surface area (Å²) in [5.74, 6) is -2.84. The molecule has 3 heterocycles. The van der Waals surface area contributed by atoms with E-state index in [9.17, 15) is 32.0 Å². The number of rotatable bonds is 6. The Morgan fingerprint density at radius 3 is 2.64 bits per heavy atom. The maximum Gasteiger partial charge on any atom is 0.408 e. The fourth-order valence-corrected chi connectivity index (χ4v) is 8.68. The van der Waals surface area contributed by atoms with Gasteiger partial charge in [0.2, 0.25) is 21.8 Å². The summed E-state index contributed by atoms with van der Waals surface area (Å²) in [5, 5.41) is 5.78. The standard InChI is InChI=1S/C34H44FN5O8S2/c1-32(2,3)48-30(44)36-24-11-9-7-5-6-8-10-20-18-34(20,29(43)39-50(45,46)33(4)14-15-33)38-27(41)25-17-22(19-40(25)28(24)42)47-31-37-23-13-12-21(35)16-26(23)49-31/h8,10,12-13,16,20,22,24-25H,5-7,9,11,14-15,17-19H2,1-4H3,(H,36,44)(H,38,41)(H,39,43)/t20-,22-,24+,25+,34-/m1/s1. The van der Waals surface area contributed by atoms with Crippen LogP contribution >= 0.6 is 11.3 Å². The predicted octanol–water partition coefficient (Wildman–Crippen LogP) is 4.07. The molecule has 3 fully saturated rings. The van der Waals surface area contributed by atoms with Gasteiger partial charge in [0.15, 0.2) is 0 Å². The number of allylic oxidation sites excluding steroid dienone is 1. The van der Waals surface area contributed by atoms with E-state index in [2.05, 4.69) is 20.3 Å². The minimum atomic E-state index is -3.99. The average Bonchev–Trinajstić information content (AvgIpc) is 3.83. The summed E-state index contributed by atoms with van der Waals surface area (Å²) in [6.07, 6.45) is 6.50. The van der Waals surface area contributed by atoms with Crippen molar-refractivity contribution in [2.24, 2.45) is 5.92 Å². The number of alkyl carbamates (subject to hydrolysis) is 1.